The monoisotopic (exact) mass is 380 g/mol. The van der Waals surface area contributed by atoms with Crippen LogP contribution in [-0.2, 0) is 17.8 Å². The van der Waals surface area contributed by atoms with Crippen molar-refractivity contribution in [2.75, 3.05) is 13.1 Å². The average molecular weight is 380 g/mol. The zero-order chi connectivity index (χ0) is 19.7. The van der Waals surface area contributed by atoms with E-state index in [0.717, 1.165) is 43.5 Å². The maximum Gasteiger partial charge on any atom is 0.255 e. The van der Waals surface area contributed by atoms with E-state index in [1.165, 1.54) is 11.3 Å². The average Bonchev–Trinajstić information content (AvgIpc) is 3.34. The smallest absolute Gasteiger partial charge is 0.255 e. The van der Waals surface area contributed by atoms with Gasteiger partial charge < -0.3 is 9.80 Å². The molecule has 1 aromatic heterocycles. The van der Waals surface area contributed by atoms with Crippen LogP contribution in [0.5, 0.6) is 0 Å². The van der Waals surface area contributed by atoms with Crippen LogP contribution in [0, 0.1) is 0 Å². The van der Waals surface area contributed by atoms with Gasteiger partial charge in [0, 0.05) is 36.8 Å². The Bertz CT molecular complexity index is 867. The quantitative estimate of drug-likeness (QED) is 0.866. The van der Waals surface area contributed by atoms with Gasteiger partial charge in [0.05, 0.1) is 6.20 Å². The molecular weight excluding hydrogens is 352 g/mol. The minimum Gasteiger partial charge on any atom is -0.341 e. The van der Waals surface area contributed by atoms with Crippen LogP contribution in [0.1, 0.15) is 66.2 Å². The Morgan fingerprint density at radius 1 is 1.25 bits per heavy atom. The molecule has 2 aromatic rings. The summed E-state index contributed by atoms with van der Waals surface area (Å²) in [6.07, 6.45) is 5.40. The fraction of sp³-hybridized carbons (Fsp3) is 0.500. The van der Waals surface area contributed by atoms with E-state index < -0.39 is 0 Å². The van der Waals surface area contributed by atoms with Crippen molar-refractivity contribution in [3.05, 3.63) is 52.8 Å². The SMILES string of the molecule is CCc1cn[nH]c1C1CCN(C(=O)C(CC)N2Cc3ccccc3C2=O)CC1. The van der Waals surface area contributed by atoms with Crippen LogP contribution in [0.3, 0.4) is 0 Å². The molecule has 3 heterocycles. The number of aryl methyl sites for hydroxylation is 1. The molecule has 1 aromatic carbocycles. The first-order valence-corrected chi connectivity index (χ1v) is 10.3. The van der Waals surface area contributed by atoms with Gasteiger partial charge in [0.2, 0.25) is 5.91 Å². The number of aromatic amines is 1. The van der Waals surface area contributed by atoms with Crippen LogP contribution in [0.4, 0.5) is 0 Å². The molecule has 28 heavy (non-hydrogen) atoms. The number of likely N-dealkylation sites (tertiary alicyclic amines) is 1. The molecule has 0 spiro atoms. The second-order valence-corrected chi connectivity index (χ2v) is 7.78. The first kappa shape index (κ1) is 18.7. The van der Waals surface area contributed by atoms with Crippen molar-refractivity contribution < 1.29 is 9.59 Å². The van der Waals surface area contributed by atoms with E-state index >= 15 is 0 Å². The number of piperidine rings is 1. The van der Waals surface area contributed by atoms with Crippen LogP contribution in [0.15, 0.2) is 30.5 Å². The summed E-state index contributed by atoms with van der Waals surface area (Å²) in [5, 5.41) is 7.35. The number of fused-ring (bicyclic) bond motifs is 1. The van der Waals surface area contributed by atoms with Gasteiger partial charge in [0.25, 0.3) is 5.91 Å². The van der Waals surface area contributed by atoms with E-state index in [1.807, 2.05) is 42.3 Å². The van der Waals surface area contributed by atoms with E-state index in [4.69, 9.17) is 0 Å². The Hall–Kier alpha value is -2.63. The van der Waals surface area contributed by atoms with Gasteiger partial charge in [-0.1, -0.05) is 32.0 Å². The van der Waals surface area contributed by atoms with Gasteiger partial charge in [-0.05, 0) is 42.9 Å². The summed E-state index contributed by atoms with van der Waals surface area (Å²) in [5.41, 5.74) is 4.26. The van der Waals surface area contributed by atoms with Crippen molar-refractivity contribution in [1.82, 2.24) is 20.0 Å². The number of rotatable bonds is 5. The number of carbonyl (C=O) groups excluding carboxylic acids is 2. The maximum atomic E-state index is 13.2. The molecule has 1 fully saturated rings. The largest absolute Gasteiger partial charge is 0.341 e. The Kier molecular flexibility index (Phi) is 5.20. The predicted molar refractivity (Wildman–Crippen MR) is 107 cm³/mol. The Labute approximate surface area is 165 Å². The van der Waals surface area contributed by atoms with Crippen molar-refractivity contribution in [3.63, 3.8) is 0 Å². The second kappa shape index (κ2) is 7.78. The lowest BCUT2D eigenvalue weighted by Gasteiger charge is -2.36. The van der Waals surface area contributed by atoms with Crippen molar-refractivity contribution in [2.24, 2.45) is 0 Å². The molecular formula is C22H28N4O2. The van der Waals surface area contributed by atoms with E-state index in [0.29, 0.717) is 18.9 Å². The summed E-state index contributed by atoms with van der Waals surface area (Å²) < 4.78 is 0. The molecule has 4 rings (SSSR count). The zero-order valence-corrected chi connectivity index (χ0v) is 16.6. The molecule has 2 amide bonds. The predicted octanol–water partition coefficient (Wildman–Crippen LogP) is 3.11. The summed E-state index contributed by atoms with van der Waals surface area (Å²) >= 11 is 0. The van der Waals surface area contributed by atoms with Gasteiger partial charge in [-0.2, -0.15) is 5.10 Å². The molecule has 1 N–H and O–H groups in total. The third kappa shape index (κ3) is 3.21. The normalized spacial score (nSPS) is 18.4. The van der Waals surface area contributed by atoms with Gasteiger partial charge >= 0.3 is 0 Å². The van der Waals surface area contributed by atoms with E-state index in [2.05, 4.69) is 17.1 Å². The molecule has 0 saturated carbocycles. The zero-order valence-electron chi connectivity index (χ0n) is 16.6. The van der Waals surface area contributed by atoms with E-state index in [-0.39, 0.29) is 17.9 Å². The van der Waals surface area contributed by atoms with Crippen LogP contribution < -0.4 is 0 Å². The highest BCUT2D eigenvalue weighted by atomic mass is 16.2. The second-order valence-electron chi connectivity index (χ2n) is 7.78. The minimum absolute atomic E-state index is 0.0178. The summed E-state index contributed by atoms with van der Waals surface area (Å²) in [6, 6.07) is 7.29. The summed E-state index contributed by atoms with van der Waals surface area (Å²) in [4.78, 5) is 29.7. The van der Waals surface area contributed by atoms with Crippen LogP contribution in [0.2, 0.25) is 0 Å². The number of amides is 2. The molecule has 1 saturated heterocycles. The molecule has 0 bridgehead atoms. The fourth-order valence-electron chi connectivity index (χ4n) is 4.61. The molecule has 1 unspecified atom stereocenters. The molecule has 0 radical (unpaired) electrons. The van der Waals surface area contributed by atoms with Crippen molar-refractivity contribution >= 4 is 11.8 Å². The Morgan fingerprint density at radius 2 is 2.00 bits per heavy atom. The third-order valence-corrected chi connectivity index (χ3v) is 6.24. The van der Waals surface area contributed by atoms with Gasteiger partial charge in [-0.25, -0.2) is 0 Å². The van der Waals surface area contributed by atoms with Crippen LogP contribution >= 0.6 is 0 Å². The molecule has 0 aliphatic carbocycles. The topological polar surface area (TPSA) is 69.3 Å². The highest BCUT2D eigenvalue weighted by molar-refractivity contribution is 6.01. The number of benzene rings is 1. The molecule has 6 heteroatoms. The number of H-pyrrole nitrogens is 1. The highest BCUT2D eigenvalue weighted by Gasteiger charge is 2.38. The summed E-state index contributed by atoms with van der Waals surface area (Å²) in [7, 11) is 0. The molecule has 2 aliphatic heterocycles. The van der Waals surface area contributed by atoms with Crippen LogP contribution in [-0.4, -0.2) is 50.9 Å². The van der Waals surface area contributed by atoms with E-state index in [9.17, 15) is 9.59 Å². The van der Waals surface area contributed by atoms with Gasteiger partial charge in [-0.3, -0.25) is 14.7 Å². The highest BCUT2D eigenvalue weighted by Crippen LogP contribution is 2.31. The number of aromatic nitrogens is 2. The Balaban J connectivity index is 1.42. The molecule has 148 valence electrons. The van der Waals surface area contributed by atoms with Crippen LogP contribution in [0.25, 0.3) is 0 Å². The number of nitrogens with zero attached hydrogens (tertiary/aromatic N) is 3. The van der Waals surface area contributed by atoms with Crippen molar-refractivity contribution in [2.45, 2.75) is 58.0 Å². The van der Waals surface area contributed by atoms with Gasteiger partial charge in [0.1, 0.15) is 6.04 Å². The van der Waals surface area contributed by atoms with Gasteiger partial charge in [0.15, 0.2) is 0 Å². The van der Waals surface area contributed by atoms with Gasteiger partial charge in [-0.15, -0.1) is 0 Å². The number of hydrogen-bond acceptors (Lipinski definition) is 3. The summed E-state index contributed by atoms with van der Waals surface area (Å²) in [6.45, 7) is 6.13. The number of hydrogen-bond donors (Lipinski definition) is 1. The first-order chi connectivity index (χ1) is 13.6. The van der Waals surface area contributed by atoms with Crippen molar-refractivity contribution in [1.29, 1.82) is 0 Å². The standard InChI is InChI=1S/C22H28N4O2/c1-3-15-13-23-24-20(15)16-9-11-25(12-10-16)22(28)19(4-2)26-14-17-7-5-6-8-18(17)21(26)27/h5-8,13,16,19H,3-4,9-12,14H2,1-2H3,(H,23,24). The van der Waals surface area contributed by atoms with E-state index in [1.54, 1.807) is 4.90 Å². The third-order valence-electron chi connectivity index (χ3n) is 6.24. The fourth-order valence-corrected chi connectivity index (χ4v) is 4.61. The number of carbonyl (C=O) groups is 2. The Morgan fingerprint density at radius 3 is 2.68 bits per heavy atom. The number of nitrogens with one attached hydrogen (secondary N) is 1. The maximum absolute atomic E-state index is 13.2. The minimum atomic E-state index is -0.380. The molecule has 1 atom stereocenters. The summed E-state index contributed by atoms with van der Waals surface area (Å²) in [5.74, 6) is 0.498. The lowest BCUT2D eigenvalue weighted by atomic mass is 9.90. The lowest BCUT2D eigenvalue weighted by molar-refractivity contribution is -0.137. The molecule has 2 aliphatic rings. The van der Waals surface area contributed by atoms with Crippen molar-refractivity contribution in [3.8, 4) is 0 Å². The molecule has 6 nitrogen and oxygen atoms in total. The lowest BCUT2D eigenvalue weighted by Crippen LogP contribution is -2.50. The first-order valence-electron chi connectivity index (χ1n) is 10.3.